The van der Waals surface area contributed by atoms with Gasteiger partial charge in [0, 0.05) is 6.61 Å². The van der Waals surface area contributed by atoms with Gasteiger partial charge in [-0.25, -0.2) is 0 Å². The van der Waals surface area contributed by atoms with Crippen LogP contribution in [0.15, 0.2) is 0 Å². The lowest BCUT2D eigenvalue weighted by atomic mass is 9.73. The minimum atomic E-state index is -0.718. The molecule has 0 bridgehead atoms. The van der Waals surface area contributed by atoms with Crippen molar-refractivity contribution in [2.45, 2.75) is 39.7 Å². The van der Waals surface area contributed by atoms with Crippen LogP contribution in [0.25, 0.3) is 0 Å². The second-order valence-corrected chi connectivity index (χ2v) is 4.53. The lowest BCUT2D eigenvalue weighted by molar-refractivity contribution is -0.140. The van der Waals surface area contributed by atoms with Gasteiger partial charge in [0.15, 0.2) is 0 Å². The summed E-state index contributed by atoms with van der Waals surface area (Å²) in [6.07, 6.45) is 1.42. The molecule has 1 aliphatic heterocycles. The van der Waals surface area contributed by atoms with Crippen LogP contribution in [0.1, 0.15) is 33.6 Å². The fourth-order valence-corrected chi connectivity index (χ4v) is 2.28. The van der Waals surface area contributed by atoms with Crippen molar-refractivity contribution in [1.82, 2.24) is 0 Å². The summed E-state index contributed by atoms with van der Waals surface area (Å²) in [4.78, 5) is 10.6. The average Bonchev–Trinajstić information content (AvgIpc) is 2.32. The van der Waals surface area contributed by atoms with Crippen molar-refractivity contribution in [2.75, 3.05) is 6.61 Å². The smallest absolute Gasteiger partial charge is 0.303 e. The Morgan fingerprint density at radius 3 is 2.62 bits per heavy atom. The van der Waals surface area contributed by atoms with E-state index in [4.69, 9.17) is 9.84 Å². The van der Waals surface area contributed by atoms with Gasteiger partial charge in [-0.15, -0.1) is 0 Å². The molecule has 0 aliphatic carbocycles. The molecule has 1 aliphatic rings. The van der Waals surface area contributed by atoms with E-state index < -0.39 is 5.97 Å². The van der Waals surface area contributed by atoms with E-state index >= 15 is 0 Å². The number of rotatable bonds is 3. The van der Waals surface area contributed by atoms with E-state index in [0.717, 1.165) is 13.0 Å². The first-order valence-corrected chi connectivity index (χ1v) is 4.77. The molecule has 1 rings (SSSR count). The summed E-state index contributed by atoms with van der Waals surface area (Å²) in [6.45, 7) is 6.82. The van der Waals surface area contributed by atoms with Crippen LogP contribution in [0.2, 0.25) is 0 Å². The lowest BCUT2D eigenvalue weighted by Gasteiger charge is -2.31. The molecule has 0 aromatic carbocycles. The summed E-state index contributed by atoms with van der Waals surface area (Å²) >= 11 is 0. The van der Waals surface area contributed by atoms with E-state index in [1.54, 1.807) is 0 Å². The van der Waals surface area contributed by atoms with Gasteiger partial charge < -0.3 is 9.84 Å². The first-order valence-electron chi connectivity index (χ1n) is 4.77. The molecule has 1 N–H and O–H groups in total. The van der Waals surface area contributed by atoms with Crippen LogP contribution in [0.3, 0.4) is 0 Å². The number of aliphatic carboxylic acids is 1. The SMILES string of the molecule is CC1OCCC1C(C)(C)CC(=O)O. The van der Waals surface area contributed by atoms with Crippen LogP contribution in [0.4, 0.5) is 0 Å². The maximum Gasteiger partial charge on any atom is 0.303 e. The molecule has 0 spiro atoms. The molecule has 1 heterocycles. The summed E-state index contributed by atoms with van der Waals surface area (Å²) in [6, 6.07) is 0. The van der Waals surface area contributed by atoms with Gasteiger partial charge in [-0.2, -0.15) is 0 Å². The monoisotopic (exact) mass is 186 g/mol. The summed E-state index contributed by atoms with van der Waals surface area (Å²) in [7, 11) is 0. The van der Waals surface area contributed by atoms with E-state index in [9.17, 15) is 4.79 Å². The van der Waals surface area contributed by atoms with Gasteiger partial charge in [0.1, 0.15) is 0 Å². The molecule has 1 fully saturated rings. The van der Waals surface area contributed by atoms with Crippen LogP contribution < -0.4 is 0 Å². The van der Waals surface area contributed by atoms with Crippen LogP contribution >= 0.6 is 0 Å². The van der Waals surface area contributed by atoms with Crippen molar-refractivity contribution in [3.05, 3.63) is 0 Å². The molecule has 3 nitrogen and oxygen atoms in total. The van der Waals surface area contributed by atoms with E-state index in [1.165, 1.54) is 0 Å². The number of carboxylic acid groups (broad SMARTS) is 1. The Morgan fingerprint density at radius 1 is 1.62 bits per heavy atom. The van der Waals surface area contributed by atoms with Crippen molar-refractivity contribution in [2.24, 2.45) is 11.3 Å². The maximum absolute atomic E-state index is 10.6. The highest BCUT2D eigenvalue weighted by atomic mass is 16.5. The van der Waals surface area contributed by atoms with Gasteiger partial charge in [0.05, 0.1) is 12.5 Å². The summed E-state index contributed by atoms with van der Waals surface area (Å²) in [5.74, 6) is -0.340. The molecule has 0 aromatic rings. The predicted octanol–water partition coefficient (Wildman–Crippen LogP) is 1.91. The van der Waals surface area contributed by atoms with E-state index in [0.29, 0.717) is 5.92 Å². The first-order chi connectivity index (χ1) is 5.93. The Morgan fingerprint density at radius 2 is 2.23 bits per heavy atom. The summed E-state index contributed by atoms with van der Waals surface area (Å²) in [5.41, 5.74) is -0.151. The fourth-order valence-electron chi connectivity index (χ4n) is 2.28. The molecule has 2 atom stereocenters. The summed E-state index contributed by atoms with van der Waals surface area (Å²) < 4.78 is 5.44. The van der Waals surface area contributed by atoms with Gasteiger partial charge >= 0.3 is 5.97 Å². The van der Waals surface area contributed by atoms with Crippen molar-refractivity contribution < 1.29 is 14.6 Å². The van der Waals surface area contributed by atoms with E-state index in [2.05, 4.69) is 0 Å². The molecule has 76 valence electrons. The normalized spacial score (nSPS) is 29.2. The predicted molar refractivity (Wildman–Crippen MR) is 49.6 cm³/mol. The van der Waals surface area contributed by atoms with Crippen LogP contribution in [-0.2, 0) is 9.53 Å². The van der Waals surface area contributed by atoms with Gasteiger partial charge in [-0.05, 0) is 24.7 Å². The number of carboxylic acids is 1. The molecule has 13 heavy (non-hydrogen) atoms. The molecule has 0 aromatic heterocycles. The fraction of sp³-hybridized carbons (Fsp3) is 0.900. The highest BCUT2D eigenvalue weighted by Crippen LogP contribution is 2.39. The maximum atomic E-state index is 10.6. The lowest BCUT2D eigenvalue weighted by Crippen LogP contribution is -2.31. The Hall–Kier alpha value is -0.570. The standard InChI is InChI=1S/C10H18O3/c1-7-8(4-5-13-7)10(2,3)6-9(11)12/h7-8H,4-6H2,1-3H3,(H,11,12). The molecule has 0 amide bonds. The molecular formula is C10H18O3. The third-order valence-electron chi connectivity index (χ3n) is 2.99. The average molecular weight is 186 g/mol. The Labute approximate surface area is 79.1 Å². The quantitative estimate of drug-likeness (QED) is 0.732. The Balaban J connectivity index is 2.62. The molecule has 0 saturated carbocycles. The topological polar surface area (TPSA) is 46.5 Å². The van der Waals surface area contributed by atoms with Crippen LogP contribution in [-0.4, -0.2) is 23.8 Å². The van der Waals surface area contributed by atoms with Gasteiger partial charge in [0.25, 0.3) is 0 Å². The van der Waals surface area contributed by atoms with Gasteiger partial charge in [0.2, 0.25) is 0 Å². The second-order valence-electron chi connectivity index (χ2n) is 4.53. The molecule has 2 unspecified atom stereocenters. The molecule has 1 saturated heterocycles. The molecule has 3 heteroatoms. The number of hydrogen-bond acceptors (Lipinski definition) is 2. The number of ether oxygens (including phenoxy) is 1. The zero-order valence-electron chi connectivity index (χ0n) is 8.54. The molecular weight excluding hydrogens is 168 g/mol. The highest BCUT2D eigenvalue weighted by molar-refractivity contribution is 5.67. The summed E-state index contributed by atoms with van der Waals surface area (Å²) in [5, 5.41) is 8.75. The van der Waals surface area contributed by atoms with Crippen LogP contribution in [0, 0.1) is 11.3 Å². The van der Waals surface area contributed by atoms with Crippen LogP contribution in [0.5, 0.6) is 0 Å². The number of carbonyl (C=O) groups is 1. The zero-order chi connectivity index (χ0) is 10.1. The third-order valence-corrected chi connectivity index (χ3v) is 2.99. The van der Waals surface area contributed by atoms with Gasteiger partial charge in [-0.3, -0.25) is 4.79 Å². The first kappa shape index (κ1) is 10.5. The largest absolute Gasteiger partial charge is 0.481 e. The Kier molecular flexibility index (Phi) is 2.96. The van der Waals surface area contributed by atoms with Crippen molar-refractivity contribution >= 4 is 5.97 Å². The zero-order valence-corrected chi connectivity index (χ0v) is 8.54. The van der Waals surface area contributed by atoms with Crippen molar-refractivity contribution in [1.29, 1.82) is 0 Å². The number of hydrogen-bond donors (Lipinski definition) is 1. The van der Waals surface area contributed by atoms with Gasteiger partial charge in [-0.1, -0.05) is 13.8 Å². The highest BCUT2D eigenvalue weighted by Gasteiger charge is 2.38. The van der Waals surface area contributed by atoms with E-state index in [1.807, 2.05) is 20.8 Å². The third kappa shape index (κ3) is 2.44. The van der Waals surface area contributed by atoms with E-state index in [-0.39, 0.29) is 17.9 Å². The van der Waals surface area contributed by atoms with Crippen molar-refractivity contribution in [3.8, 4) is 0 Å². The second kappa shape index (κ2) is 3.66. The minimum absolute atomic E-state index is 0.151. The van der Waals surface area contributed by atoms with Crippen molar-refractivity contribution in [3.63, 3.8) is 0 Å². The Bertz CT molecular complexity index is 198. The minimum Gasteiger partial charge on any atom is -0.481 e. The molecule has 0 radical (unpaired) electrons.